The summed E-state index contributed by atoms with van der Waals surface area (Å²) in [5, 5.41) is 6.36. The Morgan fingerprint density at radius 2 is 1.80 bits per heavy atom. The van der Waals surface area contributed by atoms with Gasteiger partial charge < -0.3 is 16.4 Å². The van der Waals surface area contributed by atoms with E-state index in [1.54, 1.807) is 6.92 Å². The molecule has 0 spiro atoms. The van der Waals surface area contributed by atoms with E-state index in [4.69, 9.17) is 5.73 Å². The number of rotatable bonds is 6. The summed E-state index contributed by atoms with van der Waals surface area (Å²) < 4.78 is 0. The van der Waals surface area contributed by atoms with Gasteiger partial charge in [-0.1, -0.05) is 30.3 Å². The molecule has 0 aliphatic carbocycles. The summed E-state index contributed by atoms with van der Waals surface area (Å²) in [6.07, 6.45) is 0. The van der Waals surface area contributed by atoms with E-state index >= 15 is 0 Å². The lowest BCUT2D eigenvalue weighted by Gasteiger charge is -2.31. The highest BCUT2D eigenvalue weighted by Gasteiger charge is 2.22. The second kappa shape index (κ2) is 8.25. The minimum absolute atomic E-state index is 0. The van der Waals surface area contributed by atoms with Crippen molar-refractivity contribution in [3.05, 3.63) is 35.9 Å². The maximum absolute atomic E-state index is 11.5. The summed E-state index contributed by atoms with van der Waals surface area (Å²) in [5.41, 5.74) is 6.56. The van der Waals surface area contributed by atoms with Gasteiger partial charge in [-0.2, -0.15) is 0 Å². The van der Waals surface area contributed by atoms with Crippen LogP contribution in [0.15, 0.2) is 30.3 Å². The number of benzene rings is 1. The molecular weight excluding hydrogens is 274 g/mol. The molecule has 1 amide bonds. The van der Waals surface area contributed by atoms with E-state index in [0.717, 1.165) is 0 Å². The fourth-order valence-electron chi connectivity index (χ4n) is 1.93. The standard InChI is InChI=1S/C15H25N3O.ClH/c1-11(16)14(19)17-10-15(3,4)18-12(2)13-8-6-5-7-9-13;/h5-9,11-12,18H,10,16H2,1-4H3,(H,17,19);1H. The van der Waals surface area contributed by atoms with Gasteiger partial charge in [-0.15, -0.1) is 12.4 Å². The zero-order chi connectivity index (χ0) is 14.5. The summed E-state index contributed by atoms with van der Waals surface area (Å²) >= 11 is 0. The number of hydrogen-bond acceptors (Lipinski definition) is 3. The Bertz CT molecular complexity index is 407. The van der Waals surface area contributed by atoms with E-state index < -0.39 is 6.04 Å². The number of nitrogens with one attached hydrogen (secondary N) is 2. The molecule has 0 saturated heterocycles. The summed E-state index contributed by atoms with van der Waals surface area (Å²) in [5.74, 6) is -0.123. The van der Waals surface area contributed by atoms with E-state index in [9.17, 15) is 4.79 Å². The third-order valence-corrected chi connectivity index (χ3v) is 3.02. The predicted molar refractivity (Wildman–Crippen MR) is 86.0 cm³/mol. The van der Waals surface area contributed by atoms with Gasteiger partial charge in [0.05, 0.1) is 6.04 Å². The number of carbonyl (C=O) groups excluding carboxylic acids is 1. The molecule has 0 aliphatic rings. The average molecular weight is 300 g/mol. The van der Waals surface area contributed by atoms with E-state index in [1.165, 1.54) is 5.56 Å². The number of amides is 1. The van der Waals surface area contributed by atoms with Gasteiger partial charge in [-0.05, 0) is 33.3 Å². The summed E-state index contributed by atoms with van der Waals surface area (Å²) in [6.45, 7) is 8.47. The molecule has 0 aliphatic heterocycles. The number of carbonyl (C=O) groups is 1. The second-order valence-corrected chi connectivity index (χ2v) is 5.67. The Morgan fingerprint density at radius 3 is 2.30 bits per heavy atom. The van der Waals surface area contributed by atoms with Crippen molar-refractivity contribution >= 4 is 18.3 Å². The highest BCUT2D eigenvalue weighted by molar-refractivity contribution is 5.85. The minimum atomic E-state index is -0.470. The van der Waals surface area contributed by atoms with Crippen molar-refractivity contribution in [2.45, 2.75) is 45.3 Å². The maximum atomic E-state index is 11.5. The predicted octanol–water partition coefficient (Wildman–Crippen LogP) is 2.00. The largest absolute Gasteiger partial charge is 0.353 e. The smallest absolute Gasteiger partial charge is 0.236 e. The number of nitrogens with two attached hydrogens (primary N) is 1. The van der Waals surface area contributed by atoms with Crippen molar-refractivity contribution in [3.8, 4) is 0 Å². The van der Waals surface area contributed by atoms with E-state index in [0.29, 0.717) is 6.54 Å². The van der Waals surface area contributed by atoms with E-state index in [-0.39, 0.29) is 29.9 Å². The van der Waals surface area contributed by atoms with Crippen LogP contribution in [0, 0.1) is 0 Å². The first kappa shape index (κ1) is 18.9. The van der Waals surface area contributed by atoms with Crippen molar-refractivity contribution in [2.75, 3.05) is 6.54 Å². The SMILES string of the molecule is CC(N)C(=O)NCC(C)(C)NC(C)c1ccccc1.Cl. The topological polar surface area (TPSA) is 67.2 Å². The monoisotopic (exact) mass is 299 g/mol. The van der Waals surface area contributed by atoms with Gasteiger partial charge >= 0.3 is 0 Å². The van der Waals surface area contributed by atoms with Gasteiger partial charge in [-0.25, -0.2) is 0 Å². The number of hydrogen-bond donors (Lipinski definition) is 3. The molecule has 1 aromatic carbocycles. The highest BCUT2D eigenvalue weighted by Crippen LogP contribution is 2.15. The second-order valence-electron chi connectivity index (χ2n) is 5.67. The molecule has 1 rings (SSSR count). The molecule has 1 aromatic rings. The third-order valence-electron chi connectivity index (χ3n) is 3.02. The molecule has 20 heavy (non-hydrogen) atoms. The van der Waals surface area contributed by atoms with Crippen LogP contribution in [0.2, 0.25) is 0 Å². The average Bonchev–Trinajstić information content (AvgIpc) is 2.36. The van der Waals surface area contributed by atoms with Crippen molar-refractivity contribution in [1.82, 2.24) is 10.6 Å². The van der Waals surface area contributed by atoms with Crippen molar-refractivity contribution in [2.24, 2.45) is 5.73 Å². The fourth-order valence-corrected chi connectivity index (χ4v) is 1.93. The quantitative estimate of drug-likeness (QED) is 0.753. The van der Waals surface area contributed by atoms with Gasteiger partial charge in [-0.3, -0.25) is 4.79 Å². The molecule has 0 aromatic heterocycles. The van der Waals surface area contributed by atoms with Gasteiger partial charge in [0.25, 0.3) is 0 Å². The van der Waals surface area contributed by atoms with Gasteiger partial charge in [0.2, 0.25) is 5.91 Å². The lowest BCUT2D eigenvalue weighted by Crippen LogP contribution is -2.52. The lowest BCUT2D eigenvalue weighted by atomic mass is 10.0. The Kier molecular flexibility index (Phi) is 7.79. The van der Waals surface area contributed by atoms with E-state index in [1.807, 2.05) is 18.2 Å². The third kappa shape index (κ3) is 6.37. The summed E-state index contributed by atoms with van der Waals surface area (Å²) in [7, 11) is 0. The molecule has 0 heterocycles. The van der Waals surface area contributed by atoms with Crippen LogP contribution in [0.3, 0.4) is 0 Å². The van der Waals surface area contributed by atoms with Crippen LogP contribution >= 0.6 is 12.4 Å². The highest BCUT2D eigenvalue weighted by atomic mass is 35.5. The van der Waals surface area contributed by atoms with Crippen LogP contribution in [0.25, 0.3) is 0 Å². The van der Waals surface area contributed by atoms with Crippen LogP contribution in [0.5, 0.6) is 0 Å². The zero-order valence-corrected chi connectivity index (χ0v) is 13.5. The molecule has 0 fully saturated rings. The van der Waals surface area contributed by atoms with Crippen LogP contribution in [-0.4, -0.2) is 24.0 Å². The molecule has 2 unspecified atom stereocenters. The molecular formula is C15H26ClN3O. The molecule has 114 valence electrons. The Labute approximate surface area is 127 Å². The van der Waals surface area contributed by atoms with Gasteiger partial charge in [0.1, 0.15) is 0 Å². The summed E-state index contributed by atoms with van der Waals surface area (Å²) in [4.78, 5) is 11.5. The van der Waals surface area contributed by atoms with Crippen LogP contribution in [-0.2, 0) is 4.79 Å². The van der Waals surface area contributed by atoms with E-state index in [2.05, 4.69) is 43.5 Å². The maximum Gasteiger partial charge on any atom is 0.236 e. The van der Waals surface area contributed by atoms with Crippen LogP contribution in [0.1, 0.15) is 39.3 Å². The van der Waals surface area contributed by atoms with Crippen molar-refractivity contribution < 1.29 is 4.79 Å². The zero-order valence-electron chi connectivity index (χ0n) is 12.6. The molecule has 0 bridgehead atoms. The fraction of sp³-hybridized carbons (Fsp3) is 0.533. The normalized spacial score (nSPS) is 14.1. The first-order chi connectivity index (χ1) is 8.82. The molecule has 2 atom stereocenters. The summed E-state index contributed by atoms with van der Waals surface area (Å²) in [6, 6.07) is 9.99. The number of halogens is 1. The lowest BCUT2D eigenvalue weighted by molar-refractivity contribution is -0.122. The van der Waals surface area contributed by atoms with Crippen LogP contribution < -0.4 is 16.4 Å². The van der Waals surface area contributed by atoms with Crippen molar-refractivity contribution in [1.29, 1.82) is 0 Å². The Balaban J connectivity index is 0.00000361. The first-order valence-electron chi connectivity index (χ1n) is 6.68. The first-order valence-corrected chi connectivity index (χ1v) is 6.68. The Hall–Kier alpha value is -1.10. The molecule has 4 N–H and O–H groups in total. The van der Waals surface area contributed by atoms with Crippen LogP contribution in [0.4, 0.5) is 0 Å². The van der Waals surface area contributed by atoms with Gasteiger partial charge in [0, 0.05) is 18.1 Å². The Morgan fingerprint density at radius 1 is 1.25 bits per heavy atom. The molecule has 5 heteroatoms. The van der Waals surface area contributed by atoms with Gasteiger partial charge in [0.15, 0.2) is 0 Å². The minimum Gasteiger partial charge on any atom is -0.353 e. The molecule has 0 radical (unpaired) electrons. The molecule has 0 saturated carbocycles. The molecule has 4 nitrogen and oxygen atoms in total. The van der Waals surface area contributed by atoms with Crippen molar-refractivity contribution in [3.63, 3.8) is 0 Å².